The molecule has 1 unspecified atom stereocenters. The second-order valence-corrected chi connectivity index (χ2v) is 5.54. The molecule has 0 spiro atoms. The van der Waals surface area contributed by atoms with Crippen molar-refractivity contribution in [2.24, 2.45) is 0 Å². The molecule has 1 aliphatic heterocycles. The van der Waals surface area contributed by atoms with E-state index in [1.165, 1.54) is 28.6 Å². The molecule has 0 aromatic heterocycles. The average molecular weight is 267 g/mol. The Balaban J connectivity index is 2.34. The van der Waals surface area contributed by atoms with E-state index in [4.69, 9.17) is 5.11 Å². The Labute approximate surface area is 107 Å². The molecule has 1 aromatic carbocycles. The molecule has 96 valence electrons. The van der Waals surface area contributed by atoms with Gasteiger partial charge in [-0.3, -0.25) is 4.31 Å². The summed E-state index contributed by atoms with van der Waals surface area (Å²) in [7, 11) is -1.42. The highest BCUT2D eigenvalue weighted by molar-refractivity contribution is 7.90. The lowest BCUT2D eigenvalue weighted by molar-refractivity contribution is 0.0697. The Morgan fingerprint density at radius 2 is 1.83 bits per heavy atom. The summed E-state index contributed by atoms with van der Waals surface area (Å²) in [6.07, 6.45) is -0.929. The van der Waals surface area contributed by atoms with Crippen LogP contribution < -0.4 is 4.31 Å². The summed E-state index contributed by atoms with van der Waals surface area (Å²) in [5, 5.41) is 18.8. The minimum atomic E-state index is -1.42. The molecule has 5 nitrogen and oxygen atoms in total. The molecule has 0 aliphatic carbocycles. The van der Waals surface area contributed by atoms with E-state index < -0.39 is 23.2 Å². The lowest BCUT2D eigenvalue weighted by Gasteiger charge is -2.22. The van der Waals surface area contributed by atoms with Crippen molar-refractivity contribution in [3.05, 3.63) is 40.3 Å². The van der Waals surface area contributed by atoms with E-state index in [2.05, 4.69) is 0 Å². The van der Waals surface area contributed by atoms with E-state index in [0.29, 0.717) is 16.2 Å². The van der Waals surface area contributed by atoms with Crippen molar-refractivity contribution in [3.63, 3.8) is 0 Å². The first-order valence-electron chi connectivity index (χ1n) is 5.33. The number of carbonyl (C=O) groups is 1. The smallest absolute Gasteiger partial charge is 0.335 e. The van der Waals surface area contributed by atoms with Crippen molar-refractivity contribution in [1.29, 1.82) is 0 Å². The molecule has 0 saturated heterocycles. The third-order valence-electron chi connectivity index (χ3n) is 2.97. The predicted molar refractivity (Wildman–Crippen MR) is 68.4 cm³/mol. The van der Waals surface area contributed by atoms with Crippen LogP contribution in [0.1, 0.15) is 24.2 Å². The van der Waals surface area contributed by atoms with Crippen LogP contribution >= 0.6 is 0 Å². The summed E-state index contributed by atoms with van der Waals surface area (Å²) in [6, 6.07) is 5.92. The summed E-state index contributed by atoms with van der Waals surface area (Å²) in [4.78, 5) is 11.4. The number of carboxylic acids is 1. The summed E-state index contributed by atoms with van der Waals surface area (Å²) >= 11 is 0. The number of carboxylic acid groups (broad SMARTS) is 1. The first-order chi connectivity index (χ1) is 8.43. The number of nitrogens with zero attached hydrogens (tertiary/aromatic N) is 1. The number of rotatable bonds is 2. The van der Waals surface area contributed by atoms with Crippen molar-refractivity contribution < 1.29 is 19.2 Å². The van der Waals surface area contributed by atoms with Gasteiger partial charge in [0.25, 0.3) is 0 Å². The van der Waals surface area contributed by atoms with Crippen molar-refractivity contribution >= 4 is 22.6 Å². The van der Waals surface area contributed by atoms with E-state index in [-0.39, 0.29) is 5.56 Å². The number of hydrogen-bond acceptors (Lipinski definition) is 3. The van der Waals surface area contributed by atoms with E-state index in [1.54, 1.807) is 13.8 Å². The molecular formula is C12H13NO4S. The second-order valence-electron chi connectivity index (χ2n) is 4.04. The number of aliphatic hydroxyl groups excluding tert-OH is 1. The highest BCUT2D eigenvalue weighted by Gasteiger charge is 2.33. The monoisotopic (exact) mass is 267 g/mol. The Morgan fingerprint density at radius 1 is 1.28 bits per heavy atom. The van der Waals surface area contributed by atoms with Crippen LogP contribution in [0, 0.1) is 0 Å². The molecule has 6 heteroatoms. The Morgan fingerprint density at radius 3 is 2.22 bits per heavy atom. The van der Waals surface area contributed by atoms with E-state index >= 15 is 0 Å². The molecule has 2 atom stereocenters. The summed E-state index contributed by atoms with van der Waals surface area (Å²) in [6.45, 7) is 3.43. The average Bonchev–Trinajstić information content (AvgIpc) is 2.54. The first kappa shape index (κ1) is 12.8. The van der Waals surface area contributed by atoms with Crippen LogP contribution in [0.25, 0.3) is 0 Å². The largest absolute Gasteiger partial charge is 0.478 e. The Hall–Kier alpha value is -1.66. The van der Waals surface area contributed by atoms with Crippen LogP contribution in [0.3, 0.4) is 0 Å². The van der Waals surface area contributed by atoms with Crippen molar-refractivity contribution in [2.75, 3.05) is 4.31 Å². The number of benzene rings is 1. The number of anilines is 1. The van der Waals surface area contributed by atoms with Gasteiger partial charge in [-0.05, 0) is 43.7 Å². The van der Waals surface area contributed by atoms with Gasteiger partial charge in [-0.1, -0.05) is 0 Å². The zero-order valence-electron chi connectivity index (χ0n) is 9.95. The van der Waals surface area contributed by atoms with Gasteiger partial charge in [0.2, 0.25) is 0 Å². The predicted octanol–water partition coefficient (Wildman–Crippen LogP) is 1.48. The van der Waals surface area contributed by atoms with Gasteiger partial charge >= 0.3 is 5.97 Å². The summed E-state index contributed by atoms with van der Waals surface area (Å²) in [5.41, 5.74) is 1.34. The molecule has 0 bridgehead atoms. The fourth-order valence-corrected chi connectivity index (χ4v) is 3.05. The maximum absolute atomic E-state index is 12.0. The molecule has 0 fully saturated rings. The van der Waals surface area contributed by atoms with E-state index in [9.17, 15) is 14.1 Å². The number of allylic oxidation sites excluding steroid dienone is 1. The fraction of sp³-hybridized carbons (Fsp3) is 0.250. The van der Waals surface area contributed by atoms with Gasteiger partial charge in [0.1, 0.15) is 0 Å². The van der Waals surface area contributed by atoms with Crippen molar-refractivity contribution in [2.45, 2.75) is 20.1 Å². The SMILES string of the molecule is CC1=C(C)S(=O)N(c2ccc(C(=O)O)cc2)[C@@H]1O. The maximum Gasteiger partial charge on any atom is 0.335 e. The topological polar surface area (TPSA) is 77.8 Å². The summed E-state index contributed by atoms with van der Waals surface area (Å²) < 4.78 is 13.4. The van der Waals surface area contributed by atoms with Gasteiger partial charge in [-0.25, -0.2) is 9.00 Å². The number of aliphatic hydroxyl groups is 1. The van der Waals surface area contributed by atoms with Crippen molar-refractivity contribution in [3.8, 4) is 0 Å². The minimum Gasteiger partial charge on any atom is -0.478 e. The highest BCUT2D eigenvalue weighted by atomic mass is 32.2. The van der Waals surface area contributed by atoms with Gasteiger partial charge < -0.3 is 10.2 Å². The molecule has 0 saturated carbocycles. The molecule has 2 N–H and O–H groups in total. The number of hydrogen-bond donors (Lipinski definition) is 2. The lowest BCUT2D eigenvalue weighted by Crippen LogP contribution is -2.31. The number of aromatic carboxylic acids is 1. The van der Waals surface area contributed by atoms with E-state index in [1.807, 2.05) is 0 Å². The third kappa shape index (κ3) is 1.93. The molecule has 2 rings (SSSR count). The molecule has 1 heterocycles. The van der Waals surface area contributed by atoms with Gasteiger partial charge in [0.15, 0.2) is 17.2 Å². The normalized spacial score (nSPS) is 23.6. The van der Waals surface area contributed by atoms with E-state index in [0.717, 1.165) is 0 Å². The molecule has 18 heavy (non-hydrogen) atoms. The maximum atomic E-state index is 12.0. The molecule has 1 aromatic rings. The lowest BCUT2D eigenvalue weighted by atomic mass is 10.2. The van der Waals surface area contributed by atoms with Gasteiger partial charge in [-0.15, -0.1) is 0 Å². The third-order valence-corrected chi connectivity index (χ3v) is 4.59. The zero-order valence-corrected chi connectivity index (χ0v) is 10.8. The quantitative estimate of drug-likeness (QED) is 0.850. The van der Waals surface area contributed by atoms with Gasteiger partial charge in [0, 0.05) is 4.91 Å². The standard InChI is InChI=1S/C12H13NO4S/c1-7-8(2)18(17)13(11(7)14)10-5-3-9(4-6-10)12(15)16/h3-6,11,14H,1-2H3,(H,15,16)/t11-,18?/m1/s1. The Kier molecular flexibility index (Phi) is 3.23. The molecule has 0 amide bonds. The molecule has 1 aliphatic rings. The second kappa shape index (κ2) is 4.55. The van der Waals surface area contributed by atoms with Gasteiger partial charge in [0.05, 0.1) is 11.3 Å². The zero-order chi connectivity index (χ0) is 13.4. The molecule has 0 radical (unpaired) electrons. The van der Waals surface area contributed by atoms with Crippen LogP contribution in [0.2, 0.25) is 0 Å². The van der Waals surface area contributed by atoms with Crippen LogP contribution in [0.4, 0.5) is 5.69 Å². The van der Waals surface area contributed by atoms with Gasteiger partial charge in [-0.2, -0.15) is 0 Å². The van der Waals surface area contributed by atoms with Crippen LogP contribution in [-0.4, -0.2) is 26.6 Å². The molecular weight excluding hydrogens is 254 g/mol. The fourth-order valence-electron chi connectivity index (χ4n) is 1.72. The van der Waals surface area contributed by atoms with Crippen LogP contribution in [0.5, 0.6) is 0 Å². The highest BCUT2D eigenvalue weighted by Crippen LogP contribution is 2.32. The van der Waals surface area contributed by atoms with Crippen LogP contribution in [0.15, 0.2) is 34.7 Å². The summed E-state index contributed by atoms with van der Waals surface area (Å²) in [5.74, 6) is -1.02. The minimum absolute atomic E-state index is 0.152. The van der Waals surface area contributed by atoms with Crippen LogP contribution in [-0.2, 0) is 11.0 Å². The first-order valence-corrected chi connectivity index (χ1v) is 6.44. The van der Waals surface area contributed by atoms with Crippen molar-refractivity contribution in [1.82, 2.24) is 0 Å². The Bertz CT molecular complexity index is 550.